The van der Waals surface area contributed by atoms with Gasteiger partial charge in [0.1, 0.15) is 5.82 Å². The van der Waals surface area contributed by atoms with Gasteiger partial charge < -0.3 is 5.73 Å². The molecule has 1 nitrogen and oxygen atoms in total. The molecule has 1 saturated carbocycles. The molecule has 1 aliphatic carbocycles. The average Bonchev–Trinajstić information content (AvgIpc) is 2.35. The predicted molar refractivity (Wildman–Crippen MR) is 73.9 cm³/mol. The molecule has 0 heterocycles. The Balaban J connectivity index is 2.29. The number of rotatable bonds is 3. The van der Waals surface area contributed by atoms with E-state index in [1.54, 1.807) is 12.1 Å². The molecule has 0 spiro atoms. The van der Waals surface area contributed by atoms with Crippen LogP contribution in [0.15, 0.2) is 24.3 Å². The zero-order valence-corrected chi connectivity index (χ0v) is 11.8. The minimum Gasteiger partial charge on any atom is -0.327 e. The summed E-state index contributed by atoms with van der Waals surface area (Å²) in [5.41, 5.74) is 7.66. The van der Waals surface area contributed by atoms with E-state index in [-0.39, 0.29) is 16.6 Å². The van der Waals surface area contributed by atoms with Crippen LogP contribution >= 0.6 is 0 Å². The topological polar surface area (TPSA) is 26.0 Å². The minimum absolute atomic E-state index is 0.0499. The molecule has 0 aromatic heterocycles. The number of nitrogens with two attached hydrogens (primary N) is 1. The van der Waals surface area contributed by atoms with Gasteiger partial charge in [0.15, 0.2) is 0 Å². The van der Waals surface area contributed by atoms with E-state index < -0.39 is 0 Å². The molecule has 18 heavy (non-hydrogen) atoms. The van der Waals surface area contributed by atoms with Crippen LogP contribution in [0, 0.1) is 17.2 Å². The first-order chi connectivity index (χ1) is 8.32. The van der Waals surface area contributed by atoms with Crippen molar-refractivity contribution in [1.29, 1.82) is 0 Å². The average molecular weight is 249 g/mol. The van der Waals surface area contributed by atoms with Crippen LogP contribution in [0.1, 0.15) is 46.1 Å². The Morgan fingerprint density at radius 3 is 2.33 bits per heavy atom. The summed E-state index contributed by atoms with van der Waals surface area (Å²) in [5, 5.41) is 0. The summed E-state index contributed by atoms with van der Waals surface area (Å²) in [6.07, 6.45) is 2.16. The summed E-state index contributed by atoms with van der Waals surface area (Å²) in [6, 6.07) is 7.23. The maximum absolute atomic E-state index is 13.0. The van der Waals surface area contributed by atoms with E-state index in [1.165, 1.54) is 5.56 Å². The SMILES string of the molecule is CCC1(C)C(N)CC1C(C)(C)c1ccc(F)cc1. The molecule has 2 heteroatoms. The molecule has 0 saturated heterocycles. The predicted octanol–water partition coefficient (Wildman–Crippen LogP) is 3.87. The maximum Gasteiger partial charge on any atom is 0.123 e. The number of hydrogen-bond acceptors (Lipinski definition) is 1. The summed E-state index contributed by atoms with van der Waals surface area (Å²) in [4.78, 5) is 0. The summed E-state index contributed by atoms with van der Waals surface area (Å²) in [5.74, 6) is 0.397. The first-order valence-corrected chi connectivity index (χ1v) is 6.84. The van der Waals surface area contributed by atoms with Gasteiger partial charge in [0.05, 0.1) is 0 Å². The second-order valence-electron chi connectivity index (χ2n) is 6.48. The molecule has 0 amide bonds. The van der Waals surface area contributed by atoms with E-state index in [1.807, 2.05) is 12.1 Å². The summed E-state index contributed by atoms with van der Waals surface area (Å²) in [7, 11) is 0. The van der Waals surface area contributed by atoms with Gasteiger partial charge in [-0.3, -0.25) is 0 Å². The smallest absolute Gasteiger partial charge is 0.123 e. The lowest BCUT2D eigenvalue weighted by molar-refractivity contribution is -0.0332. The molecule has 1 aromatic rings. The molecule has 3 unspecified atom stereocenters. The van der Waals surface area contributed by atoms with Crippen molar-refractivity contribution in [3.63, 3.8) is 0 Å². The first kappa shape index (κ1) is 13.5. The molecule has 3 atom stereocenters. The van der Waals surface area contributed by atoms with Crippen LogP contribution in [0.5, 0.6) is 0 Å². The summed E-state index contributed by atoms with van der Waals surface area (Å²) < 4.78 is 13.0. The van der Waals surface area contributed by atoms with Crippen LogP contribution in [0.3, 0.4) is 0 Å². The van der Waals surface area contributed by atoms with Crippen molar-refractivity contribution >= 4 is 0 Å². The third-order valence-electron chi connectivity index (χ3n) is 5.35. The normalized spacial score (nSPS) is 32.1. The maximum atomic E-state index is 13.0. The number of halogens is 1. The van der Waals surface area contributed by atoms with Crippen molar-refractivity contribution in [2.45, 2.75) is 52.0 Å². The molecule has 100 valence electrons. The van der Waals surface area contributed by atoms with Crippen LogP contribution in [0.4, 0.5) is 4.39 Å². The lowest BCUT2D eigenvalue weighted by atomic mass is 9.47. The zero-order chi connectivity index (χ0) is 13.6. The van der Waals surface area contributed by atoms with Crippen LogP contribution in [-0.2, 0) is 5.41 Å². The van der Waals surface area contributed by atoms with Gasteiger partial charge in [0.2, 0.25) is 0 Å². The molecule has 1 fully saturated rings. The van der Waals surface area contributed by atoms with Crippen LogP contribution in [-0.4, -0.2) is 6.04 Å². The van der Waals surface area contributed by atoms with E-state index >= 15 is 0 Å². The third kappa shape index (κ3) is 1.87. The van der Waals surface area contributed by atoms with Gasteiger partial charge in [-0.25, -0.2) is 4.39 Å². The van der Waals surface area contributed by atoms with Gasteiger partial charge in [-0.15, -0.1) is 0 Å². The zero-order valence-electron chi connectivity index (χ0n) is 11.8. The van der Waals surface area contributed by atoms with E-state index in [0.717, 1.165) is 12.8 Å². The quantitative estimate of drug-likeness (QED) is 0.864. The van der Waals surface area contributed by atoms with Gasteiger partial charge in [0, 0.05) is 6.04 Å². The fraction of sp³-hybridized carbons (Fsp3) is 0.625. The van der Waals surface area contributed by atoms with Crippen molar-refractivity contribution in [3.05, 3.63) is 35.6 Å². The van der Waals surface area contributed by atoms with Crippen molar-refractivity contribution in [2.75, 3.05) is 0 Å². The molecule has 1 aliphatic rings. The standard InChI is InChI=1S/C16H24FN/c1-5-16(4)13(10-14(16)18)15(2,3)11-6-8-12(17)9-7-11/h6-9,13-14H,5,10,18H2,1-4H3. The largest absolute Gasteiger partial charge is 0.327 e. The Morgan fingerprint density at radius 2 is 1.89 bits per heavy atom. The number of benzene rings is 1. The lowest BCUT2D eigenvalue weighted by Crippen LogP contribution is -2.61. The second kappa shape index (κ2) is 4.34. The van der Waals surface area contributed by atoms with Gasteiger partial charge in [-0.1, -0.05) is 39.8 Å². The Hall–Kier alpha value is -0.890. The molecule has 1 aromatic carbocycles. The van der Waals surface area contributed by atoms with E-state index in [9.17, 15) is 4.39 Å². The molecule has 0 bridgehead atoms. The van der Waals surface area contributed by atoms with E-state index in [0.29, 0.717) is 12.0 Å². The molecular formula is C16H24FN. The molecule has 2 N–H and O–H groups in total. The Morgan fingerprint density at radius 1 is 1.33 bits per heavy atom. The van der Waals surface area contributed by atoms with Gasteiger partial charge in [-0.2, -0.15) is 0 Å². The van der Waals surface area contributed by atoms with Crippen LogP contribution in [0.2, 0.25) is 0 Å². The molecule has 0 radical (unpaired) electrons. The fourth-order valence-electron chi connectivity index (χ4n) is 3.60. The van der Waals surface area contributed by atoms with Crippen molar-refractivity contribution in [1.82, 2.24) is 0 Å². The van der Waals surface area contributed by atoms with Crippen molar-refractivity contribution < 1.29 is 4.39 Å². The van der Waals surface area contributed by atoms with Gasteiger partial charge >= 0.3 is 0 Å². The Bertz CT molecular complexity index is 423. The third-order valence-corrected chi connectivity index (χ3v) is 5.35. The van der Waals surface area contributed by atoms with Crippen molar-refractivity contribution in [2.24, 2.45) is 17.1 Å². The Labute approximate surface area is 110 Å². The first-order valence-electron chi connectivity index (χ1n) is 6.84. The van der Waals surface area contributed by atoms with E-state index in [2.05, 4.69) is 27.7 Å². The molecule has 0 aliphatic heterocycles. The lowest BCUT2D eigenvalue weighted by Gasteiger charge is -2.59. The highest BCUT2D eigenvalue weighted by Gasteiger charge is 2.54. The summed E-state index contributed by atoms with van der Waals surface area (Å²) >= 11 is 0. The second-order valence-corrected chi connectivity index (χ2v) is 6.48. The van der Waals surface area contributed by atoms with E-state index in [4.69, 9.17) is 5.73 Å². The monoisotopic (exact) mass is 249 g/mol. The highest BCUT2D eigenvalue weighted by Crippen LogP contribution is 2.56. The minimum atomic E-state index is -0.168. The summed E-state index contributed by atoms with van der Waals surface area (Å²) in [6.45, 7) is 9.01. The molecule has 2 rings (SSSR count). The Kier molecular flexibility index (Phi) is 3.26. The fourth-order valence-corrected chi connectivity index (χ4v) is 3.60. The van der Waals surface area contributed by atoms with Gasteiger partial charge in [-0.05, 0) is 47.3 Å². The number of hydrogen-bond donors (Lipinski definition) is 1. The van der Waals surface area contributed by atoms with Crippen LogP contribution in [0.25, 0.3) is 0 Å². The molecular weight excluding hydrogens is 225 g/mol. The highest BCUT2D eigenvalue weighted by molar-refractivity contribution is 5.28. The van der Waals surface area contributed by atoms with Gasteiger partial charge in [0.25, 0.3) is 0 Å². The highest BCUT2D eigenvalue weighted by atomic mass is 19.1. The van der Waals surface area contributed by atoms with Crippen molar-refractivity contribution in [3.8, 4) is 0 Å². The van der Waals surface area contributed by atoms with Crippen LogP contribution < -0.4 is 5.73 Å².